The Labute approximate surface area is 128 Å². The smallest absolute Gasteiger partial charge is 0.240 e. The van der Waals surface area contributed by atoms with Crippen LogP contribution in [-0.2, 0) is 10.0 Å². The maximum Gasteiger partial charge on any atom is 0.240 e. The quantitative estimate of drug-likeness (QED) is 0.855. The zero-order chi connectivity index (χ0) is 15.6. The lowest BCUT2D eigenvalue weighted by atomic mass is 10.2. The SMILES string of the molecule is O=S(=O)(NC[C@@H]1C[C@H](F)CN1)c1ccc(-n2cccn2)cc1. The Morgan fingerprint density at radius 3 is 2.73 bits per heavy atom. The van der Waals surface area contributed by atoms with Crippen LogP contribution in [0.5, 0.6) is 0 Å². The lowest BCUT2D eigenvalue weighted by Gasteiger charge is -2.12. The standard InChI is InChI=1S/C14H17FN4O2S/c15-11-8-12(16-9-11)10-18-22(20,21)14-4-2-13(3-5-14)19-7-1-6-17-19/h1-7,11-12,16,18H,8-10H2/t11-,12-/m0/s1. The first kappa shape index (κ1) is 15.1. The number of benzene rings is 1. The van der Waals surface area contributed by atoms with E-state index < -0.39 is 16.2 Å². The molecule has 1 aromatic heterocycles. The van der Waals surface area contributed by atoms with E-state index in [-0.39, 0.29) is 24.0 Å². The Kier molecular flexibility index (Phi) is 4.23. The van der Waals surface area contributed by atoms with E-state index in [0.717, 1.165) is 5.69 Å². The van der Waals surface area contributed by atoms with Gasteiger partial charge in [0.25, 0.3) is 0 Å². The van der Waals surface area contributed by atoms with Gasteiger partial charge in [0.15, 0.2) is 0 Å². The van der Waals surface area contributed by atoms with Crippen LogP contribution >= 0.6 is 0 Å². The van der Waals surface area contributed by atoms with Gasteiger partial charge in [-0.25, -0.2) is 22.2 Å². The maximum absolute atomic E-state index is 13.0. The van der Waals surface area contributed by atoms with Gasteiger partial charge in [-0.1, -0.05) is 0 Å². The molecule has 0 amide bonds. The number of aromatic nitrogens is 2. The van der Waals surface area contributed by atoms with Crippen LogP contribution in [0.2, 0.25) is 0 Å². The van der Waals surface area contributed by atoms with E-state index in [1.54, 1.807) is 35.3 Å². The number of hydrogen-bond acceptors (Lipinski definition) is 4. The molecule has 8 heteroatoms. The third-order valence-corrected chi connectivity index (χ3v) is 5.04. The van der Waals surface area contributed by atoms with Gasteiger partial charge in [0, 0.05) is 31.5 Å². The fourth-order valence-corrected chi connectivity index (χ4v) is 3.50. The minimum Gasteiger partial charge on any atom is -0.310 e. The second-order valence-corrected chi connectivity index (χ2v) is 7.00. The third-order valence-electron chi connectivity index (χ3n) is 3.60. The normalized spacial score (nSPS) is 22.0. The molecule has 0 spiro atoms. The van der Waals surface area contributed by atoms with E-state index >= 15 is 0 Å². The summed E-state index contributed by atoms with van der Waals surface area (Å²) in [5, 5.41) is 7.03. The summed E-state index contributed by atoms with van der Waals surface area (Å²) in [6.45, 7) is 0.467. The summed E-state index contributed by atoms with van der Waals surface area (Å²) in [6.07, 6.45) is 2.86. The first-order valence-electron chi connectivity index (χ1n) is 7.02. The Morgan fingerprint density at radius 2 is 2.14 bits per heavy atom. The van der Waals surface area contributed by atoms with Gasteiger partial charge in [0.1, 0.15) is 6.17 Å². The predicted molar refractivity (Wildman–Crippen MR) is 80.1 cm³/mol. The van der Waals surface area contributed by atoms with Gasteiger partial charge in [-0.3, -0.25) is 0 Å². The average molecular weight is 324 g/mol. The molecule has 22 heavy (non-hydrogen) atoms. The summed E-state index contributed by atoms with van der Waals surface area (Å²) in [5.41, 5.74) is 0.779. The van der Waals surface area contributed by atoms with Gasteiger partial charge < -0.3 is 5.32 Å². The molecule has 0 saturated carbocycles. The van der Waals surface area contributed by atoms with E-state index in [1.165, 1.54) is 12.1 Å². The van der Waals surface area contributed by atoms with E-state index in [2.05, 4.69) is 15.1 Å². The number of sulfonamides is 1. The molecule has 1 fully saturated rings. The lowest BCUT2D eigenvalue weighted by molar-refractivity contribution is 0.355. The molecule has 1 saturated heterocycles. The van der Waals surface area contributed by atoms with Crippen molar-refractivity contribution in [2.24, 2.45) is 0 Å². The van der Waals surface area contributed by atoms with Gasteiger partial charge in [-0.15, -0.1) is 0 Å². The number of nitrogens with one attached hydrogen (secondary N) is 2. The van der Waals surface area contributed by atoms with E-state index in [1.807, 2.05) is 0 Å². The fourth-order valence-electron chi connectivity index (χ4n) is 2.42. The highest BCUT2D eigenvalue weighted by atomic mass is 32.2. The molecule has 2 heterocycles. The second-order valence-electron chi connectivity index (χ2n) is 5.23. The molecule has 2 N–H and O–H groups in total. The van der Waals surface area contributed by atoms with E-state index in [0.29, 0.717) is 6.42 Å². The highest BCUT2D eigenvalue weighted by molar-refractivity contribution is 7.89. The largest absolute Gasteiger partial charge is 0.310 e. The number of hydrogen-bond donors (Lipinski definition) is 2. The van der Waals surface area contributed by atoms with Crippen molar-refractivity contribution in [1.29, 1.82) is 0 Å². The van der Waals surface area contributed by atoms with E-state index in [9.17, 15) is 12.8 Å². The summed E-state index contributed by atoms with van der Waals surface area (Å²) in [6, 6.07) is 8.06. The molecule has 0 radical (unpaired) electrons. The van der Waals surface area contributed by atoms with Crippen molar-refractivity contribution >= 4 is 10.0 Å². The first-order valence-corrected chi connectivity index (χ1v) is 8.50. The van der Waals surface area contributed by atoms with Gasteiger partial charge in [-0.05, 0) is 36.8 Å². The predicted octanol–water partition coefficient (Wildman–Crippen LogP) is 0.851. The van der Waals surface area contributed by atoms with Crippen molar-refractivity contribution in [3.63, 3.8) is 0 Å². The summed E-state index contributed by atoms with van der Waals surface area (Å²) in [4.78, 5) is 0.179. The zero-order valence-corrected chi connectivity index (χ0v) is 12.6. The van der Waals surface area contributed by atoms with Crippen molar-refractivity contribution in [3.8, 4) is 5.69 Å². The highest BCUT2D eigenvalue weighted by Crippen LogP contribution is 2.14. The van der Waals surface area contributed by atoms with Crippen molar-refractivity contribution in [1.82, 2.24) is 19.8 Å². The van der Waals surface area contributed by atoms with Crippen molar-refractivity contribution < 1.29 is 12.8 Å². The van der Waals surface area contributed by atoms with Crippen LogP contribution in [0.25, 0.3) is 5.69 Å². The summed E-state index contributed by atoms with van der Waals surface area (Å²) >= 11 is 0. The summed E-state index contributed by atoms with van der Waals surface area (Å²) < 4.78 is 41.6. The van der Waals surface area contributed by atoms with Crippen molar-refractivity contribution in [2.45, 2.75) is 23.5 Å². The van der Waals surface area contributed by atoms with Crippen LogP contribution in [0, 0.1) is 0 Å². The molecule has 3 rings (SSSR count). The van der Waals surface area contributed by atoms with Crippen LogP contribution < -0.4 is 10.0 Å². The third kappa shape index (κ3) is 3.34. The fraction of sp³-hybridized carbons (Fsp3) is 0.357. The first-order chi connectivity index (χ1) is 10.5. The van der Waals surface area contributed by atoms with Crippen LogP contribution in [0.4, 0.5) is 4.39 Å². The van der Waals surface area contributed by atoms with Gasteiger partial charge in [0.2, 0.25) is 10.0 Å². The van der Waals surface area contributed by atoms with Crippen molar-refractivity contribution in [3.05, 3.63) is 42.7 Å². The van der Waals surface area contributed by atoms with Gasteiger partial charge in [0.05, 0.1) is 10.6 Å². The average Bonchev–Trinajstić information content (AvgIpc) is 3.17. The number of alkyl halides is 1. The highest BCUT2D eigenvalue weighted by Gasteiger charge is 2.25. The van der Waals surface area contributed by atoms with Crippen molar-refractivity contribution in [2.75, 3.05) is 13.1 Å². The lowest BCUT2D eigenvalue weighted by Crippen LogP contribution is -2.37. The maximum atomic E-state index is 13.0. The molecule has 1 aromatic carbocycles. The molecule has 6 nitrogen and oxygen atoms in total. The van der Waals surface area contributed by atoms with Crippen LogP contribution in [0.15, 0.2) is 47.6 Å². The molecule has 0 bridgehead atoms. The summed E-state index contributed by atoms with van der Waals surface area (Å²) in [5.74, 6) is 0. The summed E-state index contributed by atoms with van der Waals surface area (Å²) in [7, 11) is -3.59. The van der Waals surface area contributed by atoms with Crippen LogP contribution in [0.1, 0.15) is 6.42 Å². The number of rotatable bonds is 5. The molecule has 2 aromatic rings. The Bertz CT molecular complexity index is 716. The van der Waals surface area contributed by atoms with E-state index in [4.69, 9.17) is 0 Å². The molecular formula is C14H17FN4O2S. The molecule has 0 aliphatic carbocycles. The Hall–Kier alpha value is -1.77. The molecule has 1 aliphatic rings. The monoisotopic (exact) mass is 324 g/mol. The van der Waals surface area contributed by atoms with Gasteiger partial charge >= 0.3 is 0 Å². The minimum atomic E-state index is -3.59. The molecular weight excluding hydrogens is 307 g/mol. The molecule has 0 unspecified atom stereocenters. The Morgan fingerprint density at radius 1 is 1.36 bits per heavy atom. The van der Waals surface area contributed by atoms with Gasteiger partial charge in [-0.2, -0.15) is 5.10 Å². The zero-order valence-electron chi connectivity index (χ0n) is 11.8. The number of halogens is 1. The van der Waals surface area contributed by atoms with Crippen LogP contribution in [-0.4, -0.2) is 43.5 Å². The second kappa shape index (κ2) is 6.15. The topological polar surface area (TPSA) is 76.0 Å². The van der Waals surface area contributed by atoms with Crippen LogP contribution in [0.3, 0.4) is 0 Å². The minimum absolute atomic E-state index is 0.159. The number of nitrogens with zero attached hydrogens (tertiary/aromatic N) is 2. The molecule has 1 aliphatic heterocycles. The molecule has 118 valence electrons. The Balaban J connectivity index is 1.67. The molecule has 2 atom stereocenters.